The average Bonchev–Trinajstić information content (AvgIpc) is 3.14. The molecule has 0 spiro atoms. The monoisotopic (exact) mass is 744 g/mol. The van der Waals surface area contributed by atoms with E-state index in [-0.39, 0.29) is 12.5 Å². The summed E-state index contributed by atoms with van der Waals surface area (Å²) in [5, 5.41) is 54.2. The van der Waals surface area contributed by atoms with Crippen molar-refractivity contribution in [1.29, 1.82) is 0 Å². The van der Waals surface area contributed by atoms with Gasteiger partial charge < -0.3 is 40.3 Å². The minimum absolute atomic E-state index is 0.132. The fourth-order valence-electron chi connectivity index (χ4n) is 7.34. The summed E-state index contributed by atoms with van der Waals surface area (Å²) in [7, 11) is 0. The molecule has 7 atom stereocenters. The molecule has 1 amide bonds. The molecule has 0 aromatic heterocycles. The molecule has 0 aliphatic carbocycles. The first-order valence-corrected chi connectivity index (χ1v) is 22.2. The third-order valence-electron chi connectivity index (χ3n) is 11.0. The van der Waals surface area contributed by atoms with E-state index in [2.05, 4.69) is 19.2 Å². The zero-order valence-electron chi connectivity index (χ0n) is 33.8. The number of amides is 1. The number of nitrogens with one attached hydrogen (secondary N) is 1. The minimum atomic E-state index is -1.55. The third-order valence-corrected chi connectivity index (χ3v) is 11.0. The second-order valence-electron chi connectivity index (χ2n) is 15.9. The molecule has 9 nitrogen and oxygen atoms in total. The summed E-state index contributed by atoms with van der Waals surface area (Å²) in [6, 6.07) is -0.710. The Kier molecular flexibility index (Phi) is 32.8. The smallest absolute Gasteiger partial charge is 0.220 e. The van der Waals surface area contributed by atoms with E-state index in [1.807, 2.05) is 0 Å². The van der Waals surface area contributed by atoms with E-state index in [0.717, 1.165) is 38.5 Å². The molecule has 1 rings (SSSR count). The molecule has 2 unspecified atom stereocenters. The molecule has 1 heterocycles. The summed E-state index contributed by atoms with van der Waals surface area (Å²) in [5.74, 6) is -0.142. The van der Waals surface area contributed by atoms with E-state index in [9.17, 15) is 30.3 Å². The van der Waals surface area contributed by atoms with Crippen molar-refractivity contribution < 1.29 is 39.8 Å². The van der Waals surface area contributed by atoms with Gasteiger partial charge in [0.25, 0.3) is 0 Å². The molecular weight excluding hydrogens is 658 g/mol. The summed E-state index contributed by atoms with van der Waals surface area (Å²) < 4.78 is 11.2. The Morgan fingerprint density at radius 2 is 0.962 bits per heavy atom. The Labute approximate surface area is 319 Å². The average molecular weight is 744 g/mol. The first kappa shape index (κ1) is 49.2. The van der Waals surface area contributed by atoms with Crippen LogP contribution in [0.15, 0.2) is 0 Å². The molecule has 0 aromatic rings. The van der Waals surface area contributed by atoms with Crippen LogP contribution in [0.5, 0.6) is 0 Å². The molecule has 0 bridgehead atoms. The summed E-state index contributed by atoms with van der Waals surface area (Å²) in [6.07, 6.45) is 29.6. The predicted molar refractivity (Wildman–Crippen MR) is 212 cm³/mol. The van der Waals surface area contributed by atoms with Gasteiger partial charge in [-0.1, -0.05) is 194 Å². The van der Waals surface area contributed by atoms with Crippen LogP contribution < -0.4 is 5.32 Å². The highest BCUT2D eigenvalue weighted by Gasteiger charge is 2.44. The zero-order valence-corrected chi connectivity index (χ0v) is 33.8. The number of rotatable bonds is 37. The zero-order chi connectivity index (χ0) is 38.1. The Bertz CT molecular complexity index is 786. The first-order valence-electron chi connectivity index (χ1n) is 22.2. The van der Waals surface area contributed by atoms with Crippen LogP contribution in [0.1, 0.15) is 213 Å². The highest BCUT2D eigenvalue weighted by atomic mass is 16.7. The summed E-state index contributed by atoms with van der Waals surface area (Å²) in [5.41, 5.74) is 0. The lowest BCUT2D eigenvalue weighted by atomic mass is 9.99. The summed E-state index contributed by atoms with van der Waals surface area (Å²) in [4.78, 5) is 12.9. The number of aliphatic hydroxyl groups excluding tert-OH is 5. The molecule has 52 heavy (non-hydrogen) atoms. The lowest BCUT2D eigenvalue weighted by Crippen LogP contribution is -2.60. The highest BCUT2D eigenvalue weighted by Crippen LogP contribution is 2.23. The van der Waals surface area contributed by atoms with Crippen LogP contribution in [-0.2, 0) is 14.3 Å². The lowest BCUT2D eigenvalue weighted by molar-refractivity contribution is -0.302. The van der Waals surface area contributed by atoms with E-state index >= 15 is 0 Å². The number of carbonyl (C=O) groups excluding carboxylic acids is 1. The van der Waals surface area contributed by atoms with Crippen molar-refractivity contribution in [2.75, 3.05) is 13.2 Å². The van der Waals surface area contributed by atoms with E-state index in [1.54, 1.807) is 0 Å². The van der Waals surface area contributed by atoms with Gasteiger partial charge >= 0.3 is 0 Å². The highest BCUT2D eigenvalue weighted by molar-refractivity contribution is 5.76. The predicted octanol–water partition coefficient (Wildman–Crippen LogP) is 8.78. The molecule has 0 radical (unpaired) electrons. The van der Waals surface area contributed by atoms with Gasteiger partial charge in [-0.05, 0) is 12.8 Å². The minimum Gasteiger partial charge on any atom is -0.394 e. The number of hydrogen-bond acceptors (Lipinski definition) is 8. The van der Waals surface area contributed by atoms with Crippen molar-refractivity contribution in [1.82, 2.24) is 5.32 Å². The Balaban J connectivity index is 2.32. The Morgan fingerprint density at radius 1 is 0.577 bits per heavy atom. The van der Waals surface area contributed by atoms with Crippen LogP contribution in [0.3, 0.4) is 0 Å². The SMILES string of the molecule is CCCCCCCCCCCCCCCCCCCC(=O)N[C@@H](CO[C@@H]1O[C@H](CO)[C@@H](O)C(O)C1O)[C@H](O)CCCCCCCCCCCCCC. The van der Waals surface area contributed by atoms with Gasteiger partial charge in [0.15, 0.2) is 6.29 Å². The second-order valence-corrected chi connectivity index (χ2v) is 15.9. The lowest BCUT2D eigenvalue weighted by Gasteiger charge is -2.40. The first-order chi connectivity index (χ1) is 25.3. The molecule has 310 valence electrons. The van der Waals surface area contributed by atoms with Crippen LogP contribution in [-0.4, -0.2) is 87.5 Å². The van der Waals surface area contributed by atoms with Crippen molar-refractivity contribution in [3.63, 3.8) is 0 Å². The normalized spacial score (nSPS) is 21.7. The maximum atomic E-state index is 12.9. The van der Waals surface area contributed by atoms with Crippen molar-refractivity contribution in [2.24, 2.45) is 0 Å². The molecule has 0 aromatic carbocycles. The van der Waals surface area contributed by atoms with Crippen molar-refractivity contribution in [3.8, 4) is 0 Å². The van der Waals surface area contributed by atoms with Gasteiger partial charge in [0.1, 0.15) is 24.4 Å². The van der Waals surface area contributed by atoms with Crippen molar-refractivity contribution >= 4 is 5.91 Å². The number of unbranched alkanes of at least 4 members (excludes halogenated alkanes) is 27. The van der Waals surface area contributed by atoms with Gasteiger partial charge in [-0.3, -0.25) is 4.79 Å². The number of carbonyl (C=O) groups is 1. The van der Waals surface area contributed by atoms with E-state index in [0.29, 0.717) is 12.8 Å². The molecule has 9 heteroatoms. The van der Waals surface area contributed by atoms with E-state index < -0.39 is 49.5 Å². The second kappa shape index (κ2) is 34.7. The van der Waals surface area contributed by atoms with Gasteiger partial charge in [0.2, 0.25) is 5.91 Å². The van der Waals surface area contributed by atoms with Gasteiger partial charge in [0.05, 0.1) is 25.4 Å². The van der Waals surface area contributed by atoms with E-state index in [4.69, 9.17) is 9.47 Å². The van der Waals surface area contributed by atoms with Gasteiger partial charge in [0, 0.05) is 6.42 Å². The van der Waals surface area contributed by atoms with Crippen LogP contribution in [0.4, 0.5) is 0 Å². The van der Waals surface area contributed by atoms with Crippen LogP contribution in [0, 0.1) is 0 Å². The van der Waals surface area contributed by atoms with Gasteiger partial charge in [-0.25, -0.2) is 0 Å². The standard InChI is InChI=1S/C43H85NO8/c1-3-5-7-9-11-13-15-17-18-19-20-21-23-25-27-29-31-33-39(47)44-36(35-51-43-42(50)41(49)40(48)38(34-45)52-43)37(46)32-30-28-26-24-22-16-14-12-10-8-6-4-2/h36-38,40-43,45-46,48-50H,3-35H2,1-2H3,(H,44,47)/t36-,37+,38+,40+,41?,42?,43+/m0/s1. The van der Waals surface area contributed by atoms with Crippen molar-refractivity contribution in [3.05, 3.63) is 0 Å². The molecule has 1 fully saturated rings. The fraction of sp³-hybridized carbons (Fsp3) is 0.977. The number of ether oxygens (including phenoxy) is 2. The third kappa shape index (κ3) is 25.3. The molecule has 1 aliphatic heterocycles. The largest absolute Gasteiger partial charge is 0.394 e. The molecule has 0 saturated carbocycles. The quantitative estimate of drug-likeness (QED) is 0.0346. The summed E-state index contributed by atoms with van der Waals surface area (Å²) in [6.45, 7) is 3.83. The van der Waals surface area contributed by atoms with Gasteiger partial charge in [-0.15, -0.1) is 0 Å². The van der Waals surface area contributed by atoms with Crippen LogP contribution in [0.25, 0.3) is 0 Å². The van der Waals surface area contributed by atoms with Crippen LogP contribution in [0.2, 0.25) is 0 Å². The molecular formula is C43H85NO8. The van der Waals surface area contributed by atoms with E-state index in [1.165, 1.54) is 148 Å². The molecule has 1 saturated heterocycles. The topological polar surface area (TPSA) is 149 Å². The Morgan fingerprint density at radius 3 is 1.37 bits per heavy atom. The maximum absolute atomic E-state index is 12.9. The van der Waals surface area contributed by atoms with Gasteiger partial charge in [-0.2, -0.15) is 0 Å². The number of aliphatic hydroxyl groups is 5. The fourth-order valence-corrected chi connectivity index (χ4v) is 7.34. The number of hydrogen-bond donors (Lipinski definition) is 6. The maximum Gasteiger partial charge on any atom is 0.220 e. The molecule has 1 aliphatic rings. The van der Waals surface area contributed by atoms with Crippen molar-refractivity contribution in [2.45, 2.75) is 256 Å². The Hall–Kier alpha value is -0.810. The summed E-state index contributed by atoms with van der Waals surface area (Å²) >= 11 is 0. The molecule has 6 N–H and O–H groups in total. The van der Waals surface area contributed by atoms with Crippen LogP contribution >= 0.6 is 0 Å².